The van der Waals surface area contributed by atoms with Gasteiger partial charge in [-0.2, -0.15) is 0 Å². The van der Waals surface area contributed by atoms with E-state index in [0.717, 1.165) is 0 Å². The molecule has 0 aliphatic rings. The van der Waals surface area contributed by atoms with Gasteiger partial charge in [0.15, 0.2) is 0 Å². The normalized spacial score (nSPS) is 10.3. The van der Waals surface area contributed by atoms with Crippen molar-refractivity contribution in [3.8, 4) is 11.5 Å². The van der Waals surface area contributed by atoms with E-state index >= 15 is 0 Å². The summed E-state index contributed by atoms with van der Waals surface area (Å²) in [6.07, 6.45) is 0. The van der Waals surface area contributed by atoms with Crippen LogP contribution in [0.5, 0.6) is 11.5 Å². The number of phenols is 1. The van der Waals surface area contributed by atoms with Crippen molar-refractivity contribution in [2.75, 3.05) is 26.7 Å². The van der Waals surface area contributed by atoms with Gasteiger partial charge in [0.05, 0.1) is 13.7 Å². The summed E-state index contributed by atoms with van der Waals surface area (Å²) in [6, 6.07) is 5.03. The summed E-state index contributed by atoms with van der Waals surface area (Å²) >= 11 is 0. The summed E-state index contributed by atoms with van der Waals surface area (Å²) in [5.74, 6) is 0.945. The van der Waals surface area contributed by atoms with Gasteiger partial charge in [0, 0.05) is 25.2 Å². The maximum absolute atomic E-state index is 11.8. The molecule has 106 valence electrons. The lowest BCUT2D eigenvalue weighted by Gasteiger charge is -2.18. The lowest BCUT2D eigenvalue weighted by Crippen LogP contribution is -2.37. The Morgan fingerprint density at radius 1 is 1.37 bits per heavy atom. The Labute approximate surface area is 114 Å². The quantitative estimate of drug-likeness (QED) is 0.782. The second-order valence-electron chi connectivity index (χ2n) is 4.16. The topological polar surface area (TPSA) is 61.8 Å². The van der Waals surface area contributed by atoms with Crippen molar-refractivity contribution in [2.45, 2.75) is 20.4 Å². The van der Waals surface area contributed by atoms with Crippen molar-refractivity contribution in [2.24, 2.45) is 0 Å². The Kier molecular flexibility index (Phi) is 6.15. The maximum Gasteiger partial charge on any atom is 0.236 e. The van der Waals surface area contributed by atoms with E-state index in [-0.39, 0.29) is 18.2 Å². The Hall–Kier alpha value is -1.75. The first kappa shape index (κ1) is 15.3. The van der Waals surface area contributed by atoms with Crippen LogP contribution < -0.4 is 10.1 Å². The number of carbonyl (C=O) groups excluding carboxylic acids is 1. The van der Waals surface area contributed by atoms with Gasteiger partial charge in [-0.25, -0.2) is 0 Å². The summed E-state index contributed by atoms with van der Waals surface area (Å²) in [5, 5.41) is 12.7. The van der Waals surface area contributed by atoms with Crippen molar-refractivity contribution < 1.29 is 14.6 Å². The van der Waals surface area contributed by atoms with Crippen LogP contribution in [0.4, 0.5) is 0 Å². The maximum atomic E-state index is 11.8. The number of rotatable bonds is 7. The van der Waals surface area contributed by atoms with Crippen LogP contribution in [0.3, 0.4) is 0 Å². The zero-order chi connectivity index (χ0) is 14.3. The highest BCUT2D eigenvalue weighted by atomic mass is 16.5. The molecule has 5 nitrogen and oxygen atoms in total. The second-order valence-corrected chi connectivity index (χ2v) is 4.16. The van der Waals surface area contributed by atoms with E-state index in [4.69, 9.17) is 4.74 Å². The molecule has 2 N–H and O–H groups in total. The van der Waals surface area contributed by atoms with Crippen LogP contribution >= 0.6 is 0 Å². The summed E-state index contributed by atoms with van der Waals surface area (Å²) in [4.78, 5) is 13.5. The third-order valence-corrected chi connectivity index (χ3v) is 2.99. The van der Waals surface area contributed by atoms with E-state index in [2.05, 4.69) is 5.32 Å². The fraction of sp³-hybridized carbons (Fsp3) is 0.500. The number of aromatic hydroxyl groups is 1. The highest BCUT2D eigenvalue weighted by Crippen LogP contribution is 2.22. The van der Waals surface area contributed by atoms with Crippen LogP contribution in [0.25, 0.3) is 0 Å². The van der Waals surface area contributed by atoms with Gasteiger partial charge in [-0.05, 0) is 32.0 Å². The number of likely N-dealkylation sites (N-methyl/N-ethyl adjacent to an activating group) is 1. The number of carbonyl (C=O) groups is 1. The van der Waals surface area contributed by atoms with Gasteiger partial charge in [-0.3, -0.25) is 4.79 Å². The third kappa shape index (κ3) is 4.44. The SMILES string of the molecule is CCN(CC)C(=O)CNCc1cc(OC)ccc1O. The molecule has 0 radical (unpaired) electrons. The number of ether oxygens (including phenoxy) is 1. The van der Waals surface area contributed by atoms with E-state index in [1.54, 1.807) is 30.2 Å². The first-order valence-corrected chi connectivity index (χ1v) is 6.46. The number of amides is 1. The molecule has 0 fully saturated rings. The smallest absolute Gasteiger partial charge is 0.236 e. The van der Waals surface area contributed by atoms with Crippen LogP contribution in [-0.2, 0) is 11.3 Å². The summed E-state index contributed by atoms with van der Waals surface area (Å²) < 4.78 is 5.10. The lowest BCUT2D eigenvalue weighted by molar-refractivity contribution is -0.129. The summed E-state index contributed by atoms with van der Waals surface area (Å²) in [7, 11) is 1.58. The van der Waals surface area contributed by atoms with Crippen molar-refractivity contribution >= 4 is 5.91 Å². The summed E-state index contributed by atoms with van der Waals surface area (Å²) in [5.41, 5.74) is 0.715. The van der Waals surface area contributed by atoms with Gasteiger partial charge in [-0.15, -0.1) is 0 Å². The molecule has 0 bridgehead atoms. The van der Waals surface area contributed by atoms with Gasteiger partial charge in [-0.1, -0.05) is 0 Å². The van der Waals surface area contributed by atoms with E-state index in [1.165, 1.54) is 0 Å². The molecule has 0 unspecified atom stereocenters. The molecule has 0 aliphatic heterocycles. The molecule has 1 rings (SSSR count). The minimum absolute atomic E-state index is 0.0624. The molecule has 19 heavy (non-hydrogen) atoms. The molecular weight excluding hydrogens is 244 g/mol. The summed E-state index contributed by atoms with van der Waals surface area (Å²) in [6.45, 7) is 6.02. The molecule has 0 saturated carbocycles. The van der Waals surface area contributed by atoms with Crippen molar-refractivity contribution in [3.63, 3.8) is 0 Å². The zero-order valence-corrected chi connectivity index (χ0v) is 11.8. The van der Waals surface area contributed by atoms with E-state index < -0.39 is 0 Å². The minimum atomic E-state index is 0.0624. The standard InChI is InChI=1S/C14H22N2O3/c1-4-16(5-2)14(18)10-15-9-11-8-12(19-3)6-7-13(11)17/h6-8,15,17H,4-5,9-10H2,1-3H3. The third-order valence-electron chi connectivity index (χ3n) is 2.99. The van der Waals surface area contributed by atoms with Crippen LogP contribution in [0.15, 0.2) is 18.2 Å². The Bertz CT molecular complexity index is 417. The minimum Gasteiger partial charge on any atom is -0.508 e. The largest absolute Gasteiger partial charge is 0.508 e. The Balaban J connectivity index is 2.51. The van der Waals surface area contributed by atoms with Crippen molar-refractivity contribution in [1.29, 1.82) is 0 Å². The highest BCUT2D eigenvalue weighted by Gasteiger charge is 2.09. The second kappa shape index (κ2) is 7.63. The van der Waals surface area contributed by atoms with E-state index in [1.807, 2.05) is 13.8 Å². The average molecular weight is 266 g/mol. The average Bonchev–Trinajstić information content (AvgIpc) is 2.42. The predicted octanol–water partition coefficient (Wildman–Crippen LogP) is 1.36. The Morgan fingerprint density at radius 2 is 2.05 bits per heavy atom. The first-order valence-electron chi connectivity index (χ1n) is 6.46. The number of methoxy groups -OCH3 is 1. The lowest BCUT2D eigenvalue weighted by atomic mass is 10.2. The van der Waals surface area contributed by atoms with Crippen LogP contribution in [0.2, 0.25) is 0 Å². The highest BCUT2D eigenvalue weighted by molar-refractivity contribution is 5.78. The van der Waals surface area contributed by atoms with Gasteiger partial charge in [0.25, 0.3) is 0 Å². The van der Waals surface area contributed by atoms with Gasteiger partial charge in [0.2, 0.25) is 5.91 Å². The molecule has 0 atom stereocenters. The fourth-order valence-corrected chi connectivity index (χ4v) is 1.82. The molecule has 0 aromatic heterocycles. The molecule has 5 heteroatoms. The number of phenolic OH excluding ortho intramolecular Hbond substituents is 1. The molecule has 0 saturated heterocycles. The zero-order valence-electron chi connectivity index (χ0n) is 11.8. The van der Waals surface area contributed by atoms with E-state index in [9.17, 15) is 9.90 Å². The predicted molar refractivity (Wildman–Crippen MR) is 74.3 cm³/mol. The van der Waals surface area contributed by atoms with E-state index in [0.29, 0.717) is 30.9 Å². The van der Waals surface area contributed by atoms with Gasteiger partial charge in [0.1, 0.15) is 11.5 Å². The monoisotopic (exact) mass is 266 g/mol. The number of nitrogens with one attached hydrogen (secondary N) is 1. The van der Waals surface area contributed by atoms with Crippen LogP contribution in [0.1, 0.15) is 19.4 Å². The number of nitrogens with zero attached hydrogens (tertiary/aromatic N) is 1. The Morgan fingerprint density at radius 3 is 2.63 bits per heavy atom. The number of benzene rings is 1. The molecular formula is C14H22N2O3. The molecule has 0 aliphatic carbocycles. The van der Waals surface area contributed by atoms with Gasteiger partial charge < -0.3 is 20.1 Å². The van der Waals surface area contributed by atoms with Crippen molar-refractivity contribution in [1.82, 2.24) is 10.2 Å². The van der Waals surface area contributed by atoms with Crippen LogP contribution in [0, 0.1) is 0 Å². The number of hydrogen-bond donors (Lipinski definition) is 2. The first-order chi connectivity index (χ1) is 9.12. The van der Waals surface area contributed by atoms with Crippen LogP contribution in [-0.4, -0.2) is 42.7 Å². The number of hydrogen-bond acceptors (Lipinski definition) is 4. The molecule has 0 heterocycles. The molecule has 0 spiro atoms. The van der Waals surface area contributed by atoms with Crippen molar-refractivity contribution in [3.05, 3.63) is 23.8 Å². The van der Waals surface area contributed by atoms with Gasteiger partial charge >= 0.3 is 0 Å². The molecule has 1 aromatic rings. The fourth-order valence-electron chi connectivity index (χ4n) is 1.82. The molecule has 1 amide bonds. The molecule has 1 aromatic carbocycles.